The molecule has 1 unspecified atom stereocenters. The van der Waals surface area contributed by atoms with Crippen LogP contribution < -0.4 is 5.32 Å². The lowest BCUT2D eigenvalue weighted by Crippen LogP contribution is -2.07. The molecule has 78 valence electrons. The molecule has 0 aliphatic heterocycles. The van der Waals surface area contributed by atoms with E-state index in [2.05, 4.69) is 46.7 Å². The first-order valence-corrected chi connectivity index (χ1v) is 5.38. The minimum Gasteiger partial charge on any atom is -0.360 e. The minimum absolute atomic E-state index is 0.242. The van der Waals surface area contributed by atoms with Gasteiger partial charge in [-0.05, 0) is 23.3 Å². The second-order valence-corrected chi connectivity index (χ2v) is 3.83. The van der Waals surface area contributed by atoms with E-state index in [0.29, 0.717) is 0 Å². The molecule has 1 heterocycles. The summed E-state index contributed by atoms with van der Waals surface area (Å²) < 4.78 is 0. The van der Waals surface area contributed by atoms with Crippen molar-refractivity contribution in [3.8, 4) is 0 Å². The fraction of sp³-hybridized carbons (Fsp3) is 0.0714. The summed E-state index contributed by atoms with van der Waals surface area (Å²) >= 11 is 0. The third-order valence-corrected chi connectivity index (χ3v) is 2.77. The van der Waals surface area contributed by atoms with Crippen LogP contribution in [-0.2, 0) is 0 Å². The van der Waals surface area contributed by atoms with Crippen LogP contribution in [0.5, 0.6) is 0 Å². The summed E-state index contributed by atoms with van der Waals surface area (Å²) in [5.41, 5.74) is 2.60. The molecule has 1 N–H and O–H groups in total. The number of fused-ring (bicyclic) bond motifs is 1. The van der Waals surface area contributed by atoms with Gasteiger partial charge in [0.25, 0.3) is 0 Å². The van der Waals surface area contributed by atoms with Crippen molar-refractivity contribution >= 4 is 11.9 Å². The van der Waals surface area contributed by atoms with E-state index in [9.17, 15) is 0 Å². The van der Waals surface area contributed by atoms with Crippen LogP contribution in [-0.4, -0.2) is 4.98 Å². The molecule has 0 saturated heterocycles. The Labute approximate surface area is 94.7 Å². The van der Waals surface area contributed by atoms with Crippen LogP contribution in [0.15, 0.2) is 54.7 Å². The van der Waals surface area contributed by atoms with Crippen molar-refractivity contribution in [3.63, 3.8) is 0 Å². The predicted molar refractivity (Wildman–Crippen MR) is 66.1 cm³/mol. The molecule has 0 bridgehead atoms. The Morgan fingerprint density at radius 3 is 2.75 bits per heavy atom. The molecule has 0 saturated carbocycles. The monoisotopic (exact) mass is 208 g/mol. The molecule has 0 amide bonds. The summed E-state index contributed by atoms with van der Waals surface area (Å²) in [4.78, 5) is 4.27. The molecule has 1 atom stereocenters. The fourth-order valence-corrected chi connectivity index (χ4v) is 1.98. The minimum atomic E-state index is 0.242. The molecule has 0 fully saturated rings. The number of nitrogens with one attached hydrogen (secondary N) is 1. The van der Waals surface area contributed by atoms with Gasteiger partial charge in [0.15, 0.2) is 0 Å². The van der Waals surface area contributed by atoms with Crippen molar-refractivity contribution in [1.29, 1.82) is 0 Å². The van der Waals surface area contributed by atoms with Crippen LogP contribution in [0.1, 0.15) is 17.2 Å². The Bertz CT molecular complexity index is 517. The second kappa shape index (κ2) is 3.81. The molecule has 2 nitrogen and oxygen atoms in total. The Balaban J connectivity index is 1.87. The molecule has 0 radical (unpaired) electrons. The van der Waals surface area contributed by atoms with Crippen LogP contribution in [0.2, 0.25) is 0 Å². The standard InChI is InChI=1S/C14H12N2/c1-2-6-12-11(5-1)8-9-13(12)16-14-7-3-4-10-15-14/h1-10,13H,(H,15,16). The first-order chi connectivity index (χ1) is 7.93. The number of rotatable bonds is 2. The highest BCUT2D eigenvalue weighted by Crippen LogP contribution is 2.29. The van der Waals surface area contributed by atoms with E-state index in [1.54, 1.807) is 6.20 Å². The van der Waals surface area contributed by atoms with Gasteiger partial charge in [-0.2, -0.15) is 0 Å². The van der Waals surface area contributed by atoms with Gasteiger partial charge in [-0.3, -0.25) is 0 Å². The molecule has 16 heavy (non-hydrogen) atoms. The number of benzene rings is 1. The van der Waals surface area contributed by atoms with E-state index < -0.39 is 0 Å². The summed E-state index contributed by atoms with van der Waals surface area (Å²) in [5.74, 6) is 0.911. The molecule has 1 aromatic heterocycles. The van der Waals surface area contributed by atoms with Gasteiger partial charge in [0, 0.05) is 6.20 Å². The highest BCUT2D eigenvalue weighted by atomic mass is 15.0. The van der Waals surface area contributed by atoms with Crippen molar-refractivity contribution < 1.29 is 0 Å². The lowest BCUT2D eigenvalue weighted by Gasteiger charge is -2.13. The molecule has 3 rings (SSSR count). The van der Waals surface area contributed by atoms with Gasteiger partial charge in [0.2, 0.25) is 0 Å². The van der Waals surface area contributed by atoms with Crippen molar-refractivity contribution in [1.82, 2.24) is 4.98 Å². The average Bonchev–Trinajstić information content (AvgIpc) is 2.74. The molecular formula is C14H12N2. The summed E-state index contributed by atoms with van der Waals surface area (Å²) in [7, 11) is 0. The molecule has 1 aromatic carbocycles. The average molecular weight is 208 g/mol. The zero-order valence-electron chi connectivity index (χ0n) is 8.80. The Morgan fingerprint density at radius 1 is 1.00 bits per heavy atom. The van der Waals surface area contributed by atoms with Gasteiger partial charge in [0.1, 0.15) is 5.82 Å². The van der Waals surface area contributed by atoms with Crippen LogP contribution in [0.25, 0.3) is 6.08 Å². The highest BCUT2D eigenvalue weighted by Gasteiger charge is 2.15. The summed E-state index contributed by atoms with van der Waals surface area (Å²) in [5, 5.41) is 3.40. The van der Waals surface area contributed by atoms with Gasteiger partial charge < -0.3 is 5.32 Å². The van der Waals surface area contributed by atoms with Crippen molar-refractivity contribution in [3.05, 3.63) is 65.9 Å². The SMILES string of the molecule is C1=CC(Nc2ccccn2)c2ccccc21. The van der Waals surface area contributed by atoms with Crippen LogP contribution >= 0.6 is 0 Å². The Morgan fingerprint density at radius 2 is 1.88 bits per heavy atom. The van der Waals surface area contributed by atoms with Crippen molar-refractivity contribution in [2.24, 2.45) is 0 Å². The quantitative estimate of drug-likeness (QED) is 0.819. The molecule has 1 aliphatic rings. The molecule has 0 spiro atoms. The first kappa shape index (κ1) is 9.16. The second-order valence-electron chi connectivity index (χ2n) is 3.83. The Hall–Kier alpha value is -2.09. The molecule has 2 aromatic rings. The molecule has 2 heteroatoms. The van der Waals surface area contributed by atoms with Gasteiger partial charge in [-0.25, -0.2) is 4.98 Å². The Kier molecular flexibility index (Phi) is 2.18. The third-order valence-electron chi connectivity index (χ3n) is 2.77. The maximum Gasteiger partial charge on any atom is 0.126 e. The largest absolute Gasteiger partial charge is 0.360 e. The van der Waals surface area contributed by atoms with Gasteiger partial charge >= 0.3 is 0 Å². The number of hydrogen-bond donors (Lipinski definition) is 1. The third kappa shape index (κ3) is 1.58. The smallest absolute Gasteiger partial charge is 0.126 e. The molecular weight excluding hydrogens is 196 g/mol. The fourth-order valence-electron chi connectivity index (χ4n) is 1.98. The molecule has 1 aliphatic carbocycles. The van der Waals surface area contributed by atoms with Crippen molar-refractivity contribution in [2.45, 2.75) is 6.04 Å². The predicted octanol–water partition coefficient (Wildman–Crippen LogP) is 3.26. The van der Waals surface area contributed by atoms with E-state index in [0.717, 1.165) is 5.82 Å². The maximum absolute atomic E-state index is 4.27. The van der Waals surface area contributed by atoms with Crippen LogP contribution in [0.4, 0.5) is 5.82 Å². The van der Waals surface area contributed by atoms with E-state index in [1.165, 1.54) is 11.1 Å². The van der Waals surface area contributed by atoms with Crippen molar-refractivity contribution in [2.75, 3.05) is 5.32 Å². The zero-order valence-corrected chi connectivity index (χ0v) is 8.80. The highest BCUT2D eigenvalue weighted by molar-refractivity contribution is 5.64. The summed E-state index contributed by atoms with van der Waals surface area (Å²) in [6.45, 7) is 0. The number of anilines is 1. The van der Waals surface area contributed by atoms with Crippen LogP contribution in [0.3, 0.4) is 0 Å². The zero-order chi connectivity index (χ0) is 10.8. The van der Waals surface area contributed by atoms with E-state index >= 15 is 0 Å². The number of aromatic nitrogens is 1. The number of pyridine rings is 1. The van der Waals surface area contributed by atoms with Gasteiger partial charge in [0.05, 0.1) is 6.04 Å². The van der Waals surface area contributed by atoms with Gasteiger partial charge in [-0.15, -0.1) is 0 Å². The van der Waals surface area contributed by atoms with E-state index in [1.807, 2.05) is 18.2 Å². The number of hydrogen-bond acceptors (Lipinski definition) is 2. The topological polar surface area (TPSA) is 24.9 Å². The number of nitrogens with zero attached hydrogens (tertiary/aromatic N) is 1. The first-order valence-electron chi connectivity index (χ1n) is 5.38. The lowest BCUT2D eigenvalue weighted by atomic mass is 10.1. The summed E-state index contributed by atoms with van der Waals surface area (Å²) in [6, 6.07) is 14.5. The van der Waals surface area contributed by atoms with Gasteiger partial charge in [-0.1, -0.05) is 42.5 Å². The van der Waals surface area contributed by atoms with E-state index in [-0.39, 0.29) is 6.04 Å². The normalized spacial score (nSPS) is 17.1. The maximum atomic E-state index is 4.27. The van der Waals surface area contributed by atoms with E-state index in [4.69, 9.17) is 0 Å². The summed E-state index contributed by atoms with van der Waals surface area (Å²) in [6.07, 6.45) is 6.11. The lowest BCUT2D eigenvalue weighted by molar-refractivity contribution is 0.988. The van der Waals surface area contributed by atoms with Crippen LogP contribution in [0, 0.1) is 0 Å².